The number of carbonyl (C=O) groups is 4. The average Bonchev–Trinajstić information content (AvgIpc) is 3.55. The zero-order valence-corrected chi connectivity index (χ0v) is 31.4. The maximum atomic E-state index is 16.5. The van der Waals surface area contributed by atoms with Gasteiger partial charge in [-0.3, -0.25) is 19.2 Å². The maximum absolute atomic E-state index is 16.5. The summed E-state index contributed by atoms with van der Waals surface area (Å²) in [5.74, 6) is -1.47. The van der Waals surface area contributed by atoms with Gasteiger partial charge in [0.2, 0.25) is 14.3 Å². The number of hydrogen-bond donors (Lipinski definition) is 2. The van der Waals surface area contributed by atoms with E-state index in [2.05, 4.69) is 5.32 Å². The van der Waals surface area contributed by atoms with Gasteiger partial charge in [0.25, 0.3) is 11.8 Å². The number of esters is 1. The predicted octanol–water partition coefficient (Wildman–Crippen LogP) is 5.82. The third-order valence-electron chi connectivity index (χ3n) is 10.1. The summed E-state index contributed by atoms with van der Waals surface area (Å²) in [6.07, 6.45) is 0.0584. The molecule has 0 unspecified atom stereocenters. The Morgan fingerprint density at radius 3 is 2.38 bits per heavy atom. The van der Waals surface area contributed by atoms with Crippen molar-refractivity contribution >= 4 is 43.5 Å². The number of nitrogens with zero attached hydrogens (tertiary/aromatic N) is 2. The molecule has 13 heteroatoms. The van der Waals surface area contributed by atoms with Crippen molar-refractivity contribution < 1.29 is 42.6 Å². The number of rotatable bonds is 15. The summed E-state index contributed by atoms with van der Waals surface area (Å²) in [7, 11) is -0.730. The van der Waals surface area contributed by atoms with Crippen molar-refractivity contribution in [2.45, 2.75) is 69.5 Å². The van der Waals surface area contributed by atoms with Crippen molar-refractivity contribution in [2.24, 2.45) is 5.92 Å². The number of anilines is 2. The molecule has 52 heavy (non-hydrogen) atoms. The lowest BCUT2D eigenvalue weighted by atomic mass is 9.82. The quantitative estimate of drug-likeness (QED) is 0.0864. The van der Waals surface area contributed by atoms with Crippen LogP contribution in [0.2, 0.25) is 18.6 Å². The number of unbranched alkanes of at least 4 members (excludes halogenated alkanes) is 1. The van der Waals surface area contributed by atoms with E-state index in [1.807, 2.05) is 37.3 Å². The highest BCUT2D eigenvalue weighted by molar-refractivity contribution is 6.72. The second-order valence-electron chi connectivity index (χ2n) is 13.9. The smallest absolute Gasteiger partial charge is 0.305 e. The molecule has 0 aliphatic carbocycles. The molecular formula is C39H48FN3O8Si. The number of fused-ring (bicyclic) bond motifs is 2. The van der Waals surface area contributed by atoms with Gasteiger partial charge in [-0.2, -0.15) is 0 Å². The minimum atomic E-state index is -3.60. The molecule has 3 amide bonds. The van der Waals surface area contributed by atoms with Crippen LogP contribution in [0.1, 0.15) is 54.1 Å². The molecule has 2 aliphatic heterocycles. The first-order chi connectivity index (χ1) is 24.8. The van der Waals surface area contributed by atoms with Crippen LogP contribution in [0, 0.1) is 5.92 Å². The molecule has 2 heterocycles. The van der Waals surface area contributed by atoms with Crippen LogP contribution in [0.4, 0.5) is 15.5 Å². The van der Waals surface area contributed by atoms with Crippen LogP contribution in [0.15, 0.2) is 72.8 Å². The molecule has 0 bridgehead atoms. The lowest BCUT2D eigenvalue weighted by molar-refractivity contribution is -0.149. The number of benzene rings is 3. The lowest BCUT2D eigenvalue weighted by Gasteiger charge is -2.31. The molecule has 0 saturated carbocycles. The number of ether oxygens (including phenoxy) is 3. The number of amides is 3. The maximum Gasteiger partial charge on any atom is 0.305 e. The predicted molar refractivity (Wildman–Crippen MR) is 197 cm³/mol. The fourth-order valence-corrected chi connectivity index (χ4v) is 10.1. The van der Waals surface area contributed by atoms with Crippen LogP contribution < -0.4 is 15.0 Å². The molecule has 0 radical (unpaired) electrons. The highest BCUT2D eigenvalue weighted by atomic mass is 28.4. The molecule has 2 aliphatic rings. The Bertz CT molecular complexity index is 1750. The Labute approximate surface area is 305 Å². The normalized spacial score (nSPS) is 20.9. The topological polar surface area (TPSA) is 135 Å². The molecule has 278 valence electrons. The van der Waals surface area contributed by atoms with Crippen molar-refractivity contribution in [1.29, 1.82) is 0 Å². The van der Waals surface area contributed by atoms with Gasteiger partial charge in [-0.1, -0.05) is 37.3 Å². The van der Waals surface area contributed by atoms with Gasteiger partial charge in [0.15, 0.2) is 5.60 Å². The van der Waals surface area contributed by atoms with Gasteiger partial charge in [0.1, 0.15) is 5.75 Å². The van der Waals surface area contributed by atoms with Gasteiger partial charge in [-0.15, -0.1) is 0 Å². The Kier molecular flexibility index (Phi) is 12.2. The molecule has 3 aromatic rings. The number of carbonyl (C=O) groups excluding carboxylic acids is 4. The van der Waals surface area contributed by atoms with E-state index >= 15 is 4.11 Å². The SMILES string of the molecule is COC(=O)CCCCN1C(=O)[C@@]2(O[C@@H](CC(=O)N(CCO)Cc3ccccc3)[C@H]([Si](C)(C)F)[C@H]2C)c2cc(NC(=O)c3ccc(OC)cc3)ccc21. The number of halogens is 1. The van der Waals surface area contributed by atoms with Crippen LogP contribution >= 0.6 is 0 Å². The van der Waals surface area contributed by atoms with E-state index in [4.69, 9.17) is 14.2 Å². The zero-order chi connectivity index (χ0) is 37.6. The minimum Gasteiger partial charge on any atom is -0.497 e. The zero-order valence-electron chi connectivity index (χ0n) is 30.4. The molecule has 5 rings (SSSR count). The number of aliphatic hydroxyl groups excluding tert-OH is 1. The third-order valence-corrected chi connectivity index (χ3v) is 12.6. The van der Waals surface area contributed by atoms with E-state index < -0.39 is 31.6 Å². The van der Waals surface area contributed by atoms with Gasteiger partial charge in [0, 0.05) is 54.3 Å². The van der Waals surface area contributed by atoms with Gasteiger partial charge in [-0.05, 0) is 74.0 Å². The van der Waals surface area contributed by atoms with Crippen LogP contribution in [-0.2, 0) is 36.0 Å². The standard InChI is InChI=1S/C39H48FN3O8Si/c1-26-36(52(4,5)40)33(24-34(45)42(21-22-44)25-27-11-7-6-8-12-27)51-39(26)31-23-29(41-37(47)28-14-17-30(49-2)18-15-28)16-19-32(31)43(38(39)48)20-10-9-13-35(46)50-3/h6-8,11-12,14-19,23,26,33,36,44H,9-10,13,20-22,24-25H2,1-5H3,(H,41,47)/t26-,33+,36-,39+/m1/s1. The first-order valence-corrected chi connectivity index (χ1v) is 20.6. The van der Waals surface area contributed by atoms with Crippen molar-refractivity contribution in [3.63, 3.8) is 0 Å². The van der Waals surface area contributed by atoms with E-state index in [1.54, 1.807) is 67.6 Å². The number of aliphatic hydroxyl groups is 1. The van der Waals surface area contributed by atoms with Crippen LogP contribution in [0.25, 0.3) is 0 Å². The second-order valence-corrected chi connectivity index (χ2v) is 17.7. The average molecular weight is 734 g/mol. The Morgan fingerprint density at radius 1 is 1.04 bits per heavy atom. The van der Waals surface area contributed by atoms with Crippen molar-refractivity contribution in [1.82, 2.24) is 4.90 Å². The fourth-order valence-electron chi connectivity index (χ4n) is 7.65. The highest BCUT2D eigenvalue weighted by Gasteiger charge is 2.67. The molecule has 1 fully saturated rings. The third kappa shape index (κ3) is 8.06. The molecular weight excluding hydrogens is 686 g/mol. The van der Waals surface area contributed by atoms with Gasteiger partial charge in [0.05, 0.1) is 39.0 Å². The molecule has 0 aromatic heterocycles. The largest absolute Gasteiger partial charge is 0.497 e. The first-order valence-electron chi connectivity index (χ1n) is 17.6. The van der Waals surface area contributed by atoms with Crippen molar-refractivity contribution in [2.75, 3.05) is 44.1 Å². The van der Waals surface area contributed by atoms with E-state index in [-0.39, 0.29) is 62.8 Å². The Balaban J connectivity index is 1.50. The Hall–Kier alpha value is -4.59. The van der Waals surface area contributed by atoms with E-state index in [0.717, 1.165) is 5.56 Å². The number of methoxy groups -OCH3 is 2. The molecule has 1 spiro atoms. The fraction of sp³-hybridized carbons (Fsp3) is 0.436. The molecule has 2 N–H and O–H groups in total. The van der Waals surface area contributed by atoms with E-state index in [0.29, 0.717) is 41.1 Å². The summed E-state index contributed by atoms with van der Waals surface area (Å²) in [5, 5.41) is 12.7. The molecule has 4 atom stereocenters. The van der Waals surface area contributed by atoms with Gasteiger partial charge >= 0.3 is 5.97 Å². The van der Waals surface area contributed by atoms with Gasteiger partial charge < -0.3 is 38.5 Å². The van der Waals surface area contributed by atoms with Crippen molar-refractivity contribution in [3.8, 4) is 5.75 Å². The number of hydrogen-bond acceptors (Lipinski definition) is 8. The monoisotopic (exact) mass is 733 g/mol. The summed E-state index contributed by atoms with van der Waals surface area (Å²) >= 11 is 0. The molecule has 11 nitrogen and oxygen atoms in total. The minimum absolute atomic E-state index is 0.0840. The van der Waals surface area contributed by atoms with E-state index in [9.17, 15) is 24.3 Å². The first kappa shape index (κ1) is 38.6. The highest BCUT2D eigenvalue weighted by Crippen LogP contribution is 2.60. The van der Waals surface area contributed by atoms with Crippen LogP contribution in [-0.4, -0.2) is 82.1 Å². The summed E-state index contributed by atoms with van der Waals surface area (Å²) in [6.45, 7) is 5.31. The molecule has 1 saturated heterocycles. The summed E-state index contributed by atoms with van der Waals surface area (Å²) in [6, 6.07) is 21.2. The number of nitrogens with one attached hydrogen (secondary N) is 1. The van der Waals surface area contributed by atoms with E-state index in [1.165, 1.54) is 12.0 Å². The summed E-state index contributed by atoms with van der Waals surface area (Å²) < 4.78 is 33.3. The van der Waals surface area contributed by atoms with Crippen molar-refractivity contribution in [3.05, 3.63) is 89.5 Å². The Morgan fingerprint density at radius 2 is 1.75 bits per heavy atom. The lowest BCUT2D eigenvalue weighted by Crippen LogP contribution is -2.45. The second kappa shape index (κ2) is 16.4. The molecule has 3 aromatic carbocycles. The summed E-state index contributed by atoms with van der Waals surface area (Å²) in [5.41, 5.74) is 0.373. The van der Waals surface area contributed by atoms with Gasteiger partial charge in [-0.25, -0.2) is 0 Å². The summed E-state index contributed by atoms with van der Waals surface area (Å²) in [4.78, 5) is 56.9. The van der Waals surface area contributed by atoms with Crippen LogP contribution in [0.5, 0.6) is 5.75 Å². The van der Waals surface area contributed by atoms with Crippen LogP contribution in [0.3, 0.4) is 0 Å².